The Hall–Kier alpha value is -2.85. The lowest BCUT2D eigenvalue weighted by atomic mass is 10.1. The van der Waals surface area contributed by atoms with Gasteiger partial charge in [-0.1, -0.05) is 42.5 Å². The highest BCUT2D eigenvalue weighted by atomic mass is 127. The zero-order chi connectivity index (χ0) is 22.9. The predicted octanol–water partition coefficient (Wildman–Crippen LogP) is 4.76. The van der Waals surface area contributed by atoms with E-state index in [0.717, 1.165) is 43.3 Å². The van der Waals surface area contributed by atoms with Crippen molar-refractivity contribution in [3.8, 4) is 0 Å². The third-order valence-corrected chi connectivity index (χ3v) is 5.64. The Morgan fingerprint density at radius 1 is 1.12 bits per heavy atom. The summed E-state index contributed by atoms with van der Waals surface area (Å²) in [5, 5.41) is 6.31. The number of furan rings is 1. The normalized spacial score (nSPS) is 15.6. The second kappa shape index (κ2) is 13.1. The number of benzene rings is 2. The van der Waals surface area contributed by atoms with E-state index in [1.54, 1.807) is 12.1 Å². The predicted molar refractivity (Wildman–Crippen MR) is 144 cm³/mol. The molecule has 1 amide bonds. The van der Waals surface area contributed by atoms with Gasteiger partial charge in [-0.2, -0.15) is 0 Å². The van der Waals surface area contributed by atoms with Crippen molar-refractivity contribution in [1.29, 1.82) is 0 Å². The molecule has 0 radical (unpaired) electrons. The fourth-order valence-corrected chi connectivity index (χ4v) is 3.95. The van der Waals surface area contributed by atoms with Crippen LogP contribution in [0, 0.1) is 5.92 Å². The monoisotopic (exact) mass is 574 g/mol. The van der Waals surface area contributed by atoms with E-state index < -0.39 is 0 Å². The Balaban J connectivity index is 0.00000324. The summed E-state index contributed by atoms with van der Waals surface area (Å²) in [6, 6.07) is 21.4. The van der Waals surface area contributed by atoms with Crippen LogP contribution in [0.2, 0.25) is 0 Å². The number of anilines is 1. The molecule has 2 heterocycles. The second-order valence-corrected chi connectivity index (χ2v) is 8.13. The second-order valence-electron chi connectivity index (χ2n) is 8.13. The van der Waals surface area contributed by atoms with Gasteiger partial charge in [-0.05, 0) is 41.8 Å². The Bertz CT molecular complexity index is 1060. The standard InChI is InChI=1S/C26H30N4O3.HI/c1-27-26(30-13-12-22(17-30)19-32-18-20-7-3-2-4-8-20)28-16-21-9-5-10-23(15-21)29-25(31)24-11-6-14-33-24;/h2-11,14-15,22H,12-13,16-19H2,1H3,(H,27,28)(H,29,31);1H. The molecule has 2 N–H and O–H groups in total. The van der Waals surface area contributed by atoms with Gasteiger partial charge in [-0.3, -0.25) is 9.79 Å². The van der Waals surface area contributed by atoms with Crippen molar-refractivity contribution >= 4 is 41.5 Å². The highest BCUT2D eigenvalue weighted by Crippen LogP contribution is 2.18. The smallest absolute Gasteiger partial charge is 0.291 e. The fourth-order valence-electron chi connectivity index (χ4n) is 3.95. The van der Waals surface area contributed by atoms with Crippen molar-refractivity contribution in [3.05, 3.63) is 89.9 Å². The van der Waals surface area contributed by atoms with E-state index in [1.807, 2.05) is 49.5 Å². The number of halogens is 1. The molecule has 0 aliphatic carbocycles. The van der Waals surface area contributed by atoms with E-state index in [0.29, 0.717) is 19.1 Å². The highest BCUT2D eigenvalue weighted by Gasteiger charge is 2.25. The molecule has 8 heteroatoms. The van der Waals surface area contributed by atoms with Crippen molar-refractivity contribution in [3.63, 3.8) is 0 Å². The van der Waals surface area contributed by atoms with Crippen LogP contribution in [-0.4, -0.2) is 43.5 Å². The van der Waals surface area contributed by atoms with Gasteiger partial charge in [0.25, 0.3) is 5.91 Å². The minimum absolute atomic E-state index is 0. The molecule has 1 unspecified atom stereocenters. The summed E-state index contributed by atoms with van der Waals surface area (Å²) < 4.78 is 11.1. The number of rotatable bonds is 8. The summed E-state index contributed by atoms with van der Waals surface area (Å²) in [4.78, 5) is 18.9. The van der Waals surface area contributed by atoms with Gasteiger partial charge in [0.2, 0.25) is 0 Å². The molecule has 4 rings (SSSR count). The highest BCUT2D eigenvalue weighted by molar-refractivity contribution is 14.0. The third-order valence-electron chi connectivity index (χ3n) is 5.64. The number of carbonyl (C=O) groups excluding carboxylic acids is 1. The molecule has 0 bridgehead atoms. The number of hydrogen-bond donors (Lipinski definition) is 2. The number of aliphatic imine (C=N–C) groups is 1. The van der Waals surface area contributed by atoms with E-state index in [2.05, 4.69) is 32.7 Å². The summed E-state index contributed by atoms with van der Waals surface area (Å²) in [5.41, 5.74) is 2.98. The van der Waals surface area contributed by atoms with Crippen LogP contribution in [0.1, 0.15) is 28.1 Å². The van der Waals surface area contributed by atoms with Crippen LogP contribution in [-0.2, 0) is 17.9 Å². The first-order chi connectivity index (χ1) is 16.2. The molecular weight excluding hydrogens is 543 g/mol. The van der Waals surface area contributed by atoms with E-state index >= 15 is 0 Å². The molecule has 1 fully saturated rings. The molecule has 3 aromatic rings. The SMILES string of the molecule is CN=C(NCc1cccc(NC(=O)c2ccco2)c1)N1CCC(COCc2ccccc2)C1.I. The average Bonchev–Trinajstić information content (AvgIpc) is 3.54. The van der Waals surface area contributed by atoms with Gasteiger partial charge >= 0.3 is 0 Å². The lowest BCUT2D eigenvalue weighted by Crippen LogP contribution is -2.39. The van der Waals surface area contributed by atoms with Crippen LogP contribution in [0.3, 0.4) is 0 Å². The minimum Gasteiger partial charge on any atom is -0.459 e. The van der Waals surface area contributed by atoms with Crippen LogP contribution in [0.4, 0.5) is 5.69 Å². The first-order valence-electron chi connectivity index (χ1n) is 11.2. The number of nitrogens with one attached hydrogen (secondary N) is 2. The Morgan fingerprint density at radius 3 is 2.71 bits per heavy atom. The van der Waals surface area contributed by atoms with Crippen molar-refractivity contribution in [1.82, 2.24) is 10.2 Å². The quantitative estimate of drug-likeness (QED) is 0.231. The summed E-state index contributed by atoms with van der Waals surface area (Å²) in [6.45, 7) is 3.89. The minimum atomic E-state index is -0.265. The maximum atomic E-state index is 12.2. The molecule has 1 aliphatic rings. The average molecular weight is 574 g/mol. The van der Waals surface area contributed by atoms with Crippen LogP contribution >= 0.6 is 24.0 Å². The summed E-state index contributed by atoms with van der Waals surface area (Å²) >= 11 is 0. The summed E-state index contributed by atoms with van der Waals surface area (Å²) in [7, 11) is 1.81. The summed E-state index contributed by atoms with van der Waals surface area (Å²) in [5.74, 6) is 1.40. The first kappa shape index (κ1) is 25.8. The Morgan fingerprint density at radius 2 is 1.94 bits per heavy atom. The molecule has 0 saturated carbocycles. The number of likely N-dealkylation sites (tertiary alicyclic amines) is 1. The molecule has 34 heavy (non-hydrogen) atoms. The molecule has 1 aliphatic heterocycles. The zero-order valence-electron chi connectivity index (χ0n) is 19.3. The molecule has 2 aromatic carbocycles. The number of hydrogen-bond acceptors (Lipinski definition) is 4. The van der Waals surface area contributed by atoms with Crippen LogP contribution in [0.5, 0.6) is 0 Å². The molecule has 180 valence electrons. The number of nitrogens with zero attached hydrogens (tertiary/aromatic N) is 2. The third kappa shape index (κ3) is 7.33. The maximum absolute atomic E-state index is 12.2. The Labute approximate surface area is 217 Å². The van der Waals surface area contributed by atoms with Crippen molar-refractivity contribution < 1.29 is 13.9 Å². The lowest BCUT2D eigenvalue weighted by Gasteiger charge is -2.22. The largest absolute Gasteiger partial charge is 0.459 e. The molecule has 1 aromatic heterocycles. The maximum Gasteiger partial charge on any atom is 0.291 e. The van der Waals surface area contributed by atoms with Gasteiger partial charge < -0.3 is 24.7 Å². The molecule has 0 spiro atoms. The molecule has 1 atom stereocenters. The lowest BCUT2D eigenvalue weighted by molar-refractivity contribution is 0.0906. The first-order valence-corrected chi connectivity index (χ1v) is 11.2. The molecular formula is C26H31IN4O3. The van der Waals surface area contributed by atoms with E-state index in [1.165, 1.54) is 11.8 Å². The van der Waals surface area contributed by atoms with Gasteiger partial charge in [0.15, 0.2) is 11.7 Å². The van der Waals surface area contributed by atoms with E-state index in [9.17, 15) is 4.79 Å². The number of amides is 1. The van der Waals surface area contributed by atoms with Gasteiger partial charge in [0.05, 0.1) is 19.5 Å². The van der Waals surface area contributed by atoms with E-state index in [4.69, 9.17) is 9.15 Å². The fraction of sp³-hybridized carbons (Fsp3) is 0.308. The molecule has 1 saturated heterocycles. The van der Waals surface area contributed by atoms with Gasteiger partial charge in [0.1, 0.15) is 0 Å². The van der Waals surface area contributed by atoms with Crippen molar-refractivity contribution in [2.75, 3.05) is 32.1 Å². The van der Waals surface area contributed by atoms with Crippen LogP contribution < -0.4 is 10.6 Å². The van der Waals surface area contributed by atoms with Gasteiger partial charge in [-0.25, -0.2) is 0 Å². The van der Waals surface area contributed by atoms with Gasteiger partial charge in [0, 0.05) is 38.3 Å². The van der Waals surface area contributed by atoms with Crippen LogP contribution in [0.25, 0.3) is 0 Å². The van der Waals surface area contributed by atoms with Crippen molar-refractivity contribution in [2.45, 2.75) is 19.6 Å². The van der Waals surface area contributed by atoms with Crippen LogP contribution in [0.15, 0.2) is 82.4 Å². The van der Waals surface area contributed by atoms with E-state index in [-0.39, 0.29) is 35.6 Å². The summed E-state index contributed by atoms with van der Waals surface area (Å²) in [6.07, 6.45) is 2.57. The number of guanidine groups is 1. The topological polar surface area (TPSA) is 79.1 Å². The van der Waals surface area contributed by atoms with Crippen molar-refractivity contribution in [2.24, 2.45) is 10.9 Å². The van der Waals surface area contributed by atoms with Gasteiger partial charge in [-0.15, -0.1) is 24.0 Å². The Kier molecular flexibility index (Phi) is 9.96. The number of ether oxygens (including phenoxy) is 1. The zero-order valence-corrected chi connectivity index (χ0v) is 21.6. The molecule has 7 nitrogen and oxygen atoms in total. The number of carbonyl (C=O) groups is 1.